The molecule has 9 heteroatoms. The van der Waals surface area contributed by atoms with E-state index in [0.717, 1.165) is 5.56 Å². The van der Waals surface area contributed by atoms with Crippen molar-refractivity contribution in [1.29, 1.82) is 0 Å². The topological polar surface area (TPSA) is 99.8 Å². The first kappa shape index (κ1) is 20.6. The van der Waals surface area contributed by atoms with E-state index < -0.39 is 30.0 Å². The molecule has 0 unspecified atom stereocenters. The van der Waals surface area contributed by atoms with Gasteiger partial charge in [-0.25, -0.2) is 9.18 Å². The summed E-state index contributed by atoms with van der Waals surface area (Å²) in [5.74, 6) is -0.251. The van der Waals surface area contributed by atoms with Crippen LogP contribution in [0.15, 0.2) is 48.5 Å². The van der Waals surface area contributed by atoms with Gasteiger partial charge in [0.1, 0.15) is 23.7 Å². The van der Waals surface area contributed by atoms with E-state index in [1.807, 2.05) is 12.1 Å². The molecule has 2 saturated heterocycles. The molecule has 2 aliphatic heterocycles. The normalized spacial score (nSPS) is 22.5. The number of hydrogen-bond acceptors (Lipinski definition) is 4. The molecule has 2 heterocycles. The van der Waals surface area contributed by atoms with Crippen molar-refractivity contribution < 1.29 is 23.5 Å². The van der Waals surface area contributed by atoms with E-state index in [-0.39, 0.29) is 24.0 Å². The number of nitrogens with one attached hydrogen (secondary N) is 3. The quantitative estimate of drug-likeness (QED) is 0.677. The number of hydrogen-bond donors (Lipinski definition) is 3. The van der Waals surface area contributed by atoms with E-state index >= 15 is 0 Å². The van der Waals surface area contributed by atoms with Gasteiger partial charge in [-0.1, -0.05) is 24.3 Å². The zero-order chi connectivity index (χ0) is 22.0. The van der Waals surface area contributed by atoms with Crippen molar-refractivity contribution in [3.8, 4) is 5.75 Å². The van der Waals surface area contributed by atoms with Crippen LogP contribution in [0.2, 0.25) is 0 Å². The summed E-state index contributed by atoms with van der Waals surface area (Å²) in [6.07, 6.45) is 0.668. The highest BCUT2D eigenvalue weighted by Gasteiger charge is 2.46. The summed E-state index contributed by atoms with van der Waals surface area (Å²) in [6.45, 7) is 0.223. The van der Waals surface area contributed by atoms with Gasteiger partial charge in [0.05, 0.1) is 18.8 Å². The van der Waals surface area contributed by atoms with Gasteiger partial charge in [-0.3, -0.25) is 9.59 Å². The molecular weight excluding hydrogens is 403 g/mol. The Bertz CT molecular complexity index is 997. The Morgan fingerprint density at radius 2 is 1.94 bits per heavy atom. The first-order chi connectivity index (χ1) is 14.9. The monoisotopic (exact) mass is 426 g/mol. The zero-order valence-corrected chi connectivity index (χ0v) is 16.9. The Kier molecular flexibility index (Phi) is 5.75. The van der Waals surface area contributed by atoms with Crippen LogP contribution in [-0.4, -0.2) is 54.5 Å². The molecule has 0 bridgehead atoms. The number of carbonyl (C=O) groups excluding carboxylic acids is 3. The predicted octanol–water partition coefficient (Wildman–Crippen LogP) is 1.67. The predicted molar refractivity (Wildman–Crippen MR) is 111 cm³/mol. The van der Waals surface area contributed by atoms with E-state index in [1.54, 1.807) is 25.3 Å². The Hall–Kier alpha value is -3.62. The summed E-state index contributed by atoms with van der Waals surface area (Å²) in [6, 6.07) is 10.9. The number of rotatable bonds is 5. The fraction of sp³-hybridized carbons (Fsp3) is 0.318. The Morgan fingerprint density at radius 3 is 2.65 bits per heavy atom. The first-order valence-electron chi connectivity index (χ1n) is 10.0. The molecule has 0 spiro atoms. The van der Waals surface area contributed by atoms with Crippen LogP contribution < -0.4 is 20.7 Å². The molecular formula is C22H23FN4O4. The zero-order valence-electron chi connectivity index (χ0n) is 16.9. The molecule has 0 radical (unpaired) electrons. The van der Waals surface area contributed by atoms with Crippen molar-refractivity contribution in [2.24, 2.45) is 0 Å². The number of ether oxygens (including phenoxy) is 1. The lowest BCUT2D eigenvalue weighted by atomic mass is 10.0. The van der Waals surface area contributed by atoms with Gasteiger partial charge in [0.25, 0.3) is 0 Å². The van der Waals surface area contributed by atoms with Crippen molar-refractivity contribution in [2.75, 3.05) is 19.0 Å². The molecule has 2 aromatic carbocycles. The van der Waals surface area contributed by atoms with Gasteiger partial charge in [0.15, 0.2) is 0 Å². The standard InChI is InChI=1S/C22H23FN4O4/c1-31-15-8-6-13(7-9-15)10-18-21(29)27-12-14(11-19(27)20(28)25-18)24-22(30)26-17-5-3-2-4-16(17)23/h2-9,14,18-19H,10-12H2,1H3,(H,25,28)(H2,24,26,30)/t14-,18-,19-/m0/s1. The minimum Gasteiger partial charge on any atom is -0.497 e. The fourth-order valence-electron chi connectivity index (χ4n) is 4.00. The highest BCUT2D eigenvalue weighted by atomic mass is 19.1. The van der Waals surface area contributed by atoms with E-state index in [4.69, 9.17) is 4.74 Å². The smallest absolute Gasteiger partial charge is 0.319 e. The largest absolute Gasteiger partial charge is 0.497 e. The molecule has 0 saturated carbocycles. The fourth-order valence-corrected chi connectivity index (χ4v) is 4.00. The minimum absolute atomic E-state index is 0.0593. The SMILES string of the molecule is COc1ccc(C[C@@H]2NC(=O)[C@@H]3C[C@H](NC(=O)Nc4ccccc4F)CN3C2=O)cc1. The van der Waals surface area contributed by atoms with E-state index in [2.05, 4.69) is 16.0 Å². The van der Waals surface area contributed by atoms with Crippen molar-refractivity contribution in [3.63, 3.8) is 0 Å². The molecule has 3 atom stereocenters. The lowest BCUT2D eigenvalue weighted by Gasteiger charge is -2.34. The van der Waals surface area contributed by atoms with Crippen molar-refractivity contribution >= 4 is 23.5 Å². The van der Waals surface area contributed by atoms with Crippen LogP contribution in [0.25, 0.3) is 0 Å². The number of benzene rings is 2. The maximum absolute atomic E-state index is 13.7. The van der Waals surface area contributed by atoms with Gasteiger partial charge in [0.2, 0.25) is 11.8 Å². The average molecular weight is 426 g/mol. The van der Waals surface area contributed by atoms with Gasteiger partial charge in [0, 0.05) is 13.0 Å². The number of nitrogens with zero attached hydrogens (tertiary/aromatic N) is 1. The second-order valence-electron chi connectivity index (χ2n) is 7.63. The summed E-state index contributed by atoms with van der Waals surface area (Å²) in [5.41, 5.74) is 0.958. The maximum atomic E-state index is 13.7. The first-order valence-corrected chi connectivity index (χ1v) is 10.0. The van der Waals surface area contributed by atoms with Gasteiger partial charge >= 0.3 is 6.03 Å². The minimum atomic E-state index is -0.664. The van der Waals surface area contributed by atoms with Crippen LogP contribution in [-0.2, 0) is 16.0 Å². The highest BCUT2D eigenvalue weighted by Crippen LogP contribution is 2.24. The van der Waals surface area contributed by atoms with Crippen molar-refractivity contribution in [1.82, 2.24) is 15.5 Å². The van der Waals surface area contributed by atoms with E-state index in [0.29, 0.717) is 18.6 Å². The van der Waals surface area contributed by atoms with Crippen LogP contribution >= 0.6 is 0 Å². The molecule has 2 aliphatic rings. The number of carbonyl (C=O) groups is 3. The number of anilines is 1. The van der Waals surface area contributed by atoms with Gasteiger partial charge in [-0.15, -0.1) is 0 Å². The van der Waals surface area contributed by atoms with Gasteiger partial charge < -0.3 is 25.6 Å². The number of para-hydroxylation sites is 1. The van der Waals surface area contributed by atoms with Crippen molar-refractivity contribution in [3.05, 3.63) is 59.9 Å². The molecule has 2 fully saturated rings. The molecule has 4 amide bonds. The van der Waals surface area contributed by atoms with Crippen LogP contribution in [0.1, 0.15) is 12.0 Å². The van der Waals surface area contributed by atoms with Gasteiger partial charge in [-0.05, 0) is 36.2 Å². The summed E-state index contributed by atoms with van der Waals surface area (Å²) in [7, 11) is 1.58. The Morgan fingerprint density at radius 1 is 1.19 bits per heavy atom. The number of urea groups is 1. The summed E-state index contributed by atoms with van der Waals surface area (Å²) in [4.78, 5) is 39.3. The molecule has 0 aliphatic carbocycles. The maximum Gasteiger partial charge on any atom is 0.319 e. The van der Waals surface area contributed by atoms with Crippen LogP contribution in [0.3, 0.4) is 0 Å². The number of amides is 4. The molecule has 0 aromatic heterocycles. The summed E-state index contributed by atoms with van der Waals surface area (Å²) >= 11 is 0. The lowest BCUT2D eigenvalue weighted by Crippen LogP contribution is -2.61. The third-order valence-electron chi connectivity index (χ3n) is 5.56. The molecule has 31 heavy (non-hydrogen) atoms. The van der Waals surface area contributed by atoms with Crippen LogP contribution in [0, 0.1) is 5.82 Å². The second kappa shape index (κ2) is 8.63. The number of piperazine rings is 1. The van der Waals surface area contributed by atoms with Crippen LogP contribution in [0.5, 0.6) is 5.75 Å². The van der Waals surface area contributed by atoms with E-state index in [9.17, 15) is 18.8 Å². The molecule has 8 nitrogen and oxygen atoms in total. The molecule has 3 N–H and O–H groups in total. The molecule has 162 valence electrons. The Labute approximate surface area is 178 Å². The van der Waals surface area contributed by atoms with Gasteiger partial charge in [-0.2, -0.15) is 0 Å². The lowest BCUT2D eigenvalue weighted by molar-refractivity contribution is -0.147. The average Bonchev–Trinajstić information content (AvgIpc) is 3.18. The number of fused-ring (bicyclic) bond motifs is 1. The third kappa shape index (κ3) is 4.45. The third-order valence-corrected chi connectivity index (χ3v) is 5.56. The molecule has 4 rings (SSSR count). The highest BCUT2D eigenvalue weighted by molar-refractivity contribution is 5.98. The molecule has 2 aromatic rings. The second-order valence-corrected chi connectivity index (χ2v) is 7.63. The summed E-state index contributed by atoms with van der Waals surface area (Å²) < 4.78 is 18.9. The van der Waals surface area contributed by atoms with E-state index in [1.165, 1.54) is 23.1 Å². The number of halogens is 1. The summed E-state index contributed by atoms with van der Waals surface area (Å²) in [5, 5.41) is 7.97. The Balaban J connectivity index is 1.37. The van der Waals surface area contributed by atoms with Crippen molar-refractivity contribution in [2.45, 2.75) is 31.0 Å². The number of methoxy groups -OCH3 is 1. The van der Waals surface area contributed by atoms with Crippen LogP contribution in [0.4, 0.5) is 14.9 Å².